The summed E-state index contributed by atoms with van der Waals surface area (Å²) in [7, 11) is 0. The van der Waals surface area contributed by atoms with E-state index >= 15 is 0 Å². The van der Waals surface area contributed by atoms with Crippen molar-refractivity contribution in [3.63, 3.8) is 0 Å². The minimum atomic E-state index is -0.149. The lowest BCUT2D eigenvalue weighted by Gasteiger charge is -2.02. The third-order valence-corrected chi connectivity index (χ3v) is 5.31. The third kappa shape index (κ3) is 3.34. The number of nitrogens with zero attached hydrogens (tertiary/aromatic N) is 3. The fraction of sp³-hybridized carbons (Fsp3) is 0.571. The van der Waals surface area contributed by atoms with Gasteiger partial charge in [0.05, 0.1) is 10.7 Å². The second-order valence-corrected chi connectivity index (χ2v) is 7.37. The van der Waals surface area contributed by atoms with Crippen LogP contribution in [0.4, 0.5) is 5.13 Å². The van der Waals surface area contributed by atoms with Gasteiger partial charge in [0, 0.05) is 6.61 Å². The van der Waals surface area contributed by atoms with Crippen LogP contribution in [0.5, 0.6) is 0 Å². The van der Waals surface area contributed by atoms with Crippen molar-refractivity contribution in [1.82, 2.24) is 15.2 Å². The Balaban J connectivity index is 1.71. The van der Waals surface area contributed by atoms with Crippen LogP contribution in [0.2, 0.25) is 0 Å². The highest BCUT2D eigenvalue weighted by Gasteiger charge is 2.23. The molecule has 6 nitrogen and oxygen atoms in total. The van der Waals surface area contributed by atoms with Crippen LogP contribution >= 0.6 is 22.7 Å². The third-order valence-electron chi connectivity index (χ3n) is 3.36. The van der Waals surface area contributed by atoms with Gasteiger partial charge in [-0.25, -0.2) is 4.98 Å². The van der Waals surface area contributed by atoms with E-state index in [2.05, 4.69) is 27.4 Å². The molecular weight excluding hydrogens is 320 g/mol. The van der Waals surface area contributed by atoms with E-state index in [0.29, 0.717) is 10.0 Å². The molecule has 118 valence electrons. The second-order valence-electron chi connectivity index (χ2n) is 5.16. The topological polar surface area (TPSA) is 77.0 Å². The number of aryl methyl sites for hydroxylation is 2. The lowest BCUT2D eigenvalue weighted by atomic mass is 10.2. The minimum absolute atomic E-state index is 0.0319. The zero-order chi connectivity index (χ0) is 15.5. The number of thiazole rings is 1. The van der Waals surface area contributed by atoms with Gasteiger partial charge in [-0.05, 0) is 26.2 Å². The molecule has 2 aromatic rings. The van der Waals surface area contributed by atoms with Crippen LogP contribution in [-0.4, -0.2) is 27.7 Å². The number of ether oxygens (including phenoxy) is 1. The van der Waals surface area contributed by atoms with Gasteiger partial charge in [-0.2, -0.15) is 0 Å². The lowest BCUT2D eigenvalue weighted by Crippen LogP contribution is -2.12. The summed E-state index contributed by atoms with van der Waals surface area (Å²) in [4.78, 5) is 17.5. The first-order valence-electron chi connectivity index (χ1n) is 7.40. The number of aromatic nitrogens is 3. The smallest absolute Gasteiger partial charge is 0.269 e. The molecule has 1 aliphatic rings. The van der Waals surface area contributed by atoms with Crippen LogP contribution < -0.4 is 5.32 Å². The summed E-state index contributed by atoms with van der Waals surface area (Å²) in [5.41, 5.74) is 0.867. The van der Waals surface area contributed by atoms with E-state index in [4.69, 9.17) is 4.74 Å². The first-order chi connectivity index (χ1) is 10.7. The van der Waals surface area contributed by atoms with E-state index in [9.17, 15) is 4.79 Å². The molecule has 1 aliphatic heterocycles. The van der Waals surface area contributed by atoms with Crippen LogP contribution in [0, 0.1) is 6.92 Å². The number of amides is 1. The Morgan fingerprint density at radius 1 is 1.41 bits per heavy atom. The molecule has 0 aliphatic carbocycles. The largest absolute Gasteiger partial charge is 0.371 e. The average molecular weight is 338 g/mol. The Bertz CT molecular complexity index is 662. The molecule has 2 aromatic heterocycles. The van der Waals surface area contributed by atoms with Gasteiger partial charge in [-0.1, -0.05) is 24.7 Å². The quantitative estimate of drug-likeness (QED) is 0.904. The number of rotatable bonds is 5. The SMILES string of the molecule is CCCc1nc(C)sc1C(=O)Nc1nnc([C@H]2CCCO2)s1. The zero-order valence-corrected chi connectivity index (χ0v) is 14.2. The first-order valence-corrected chi connectivity index (χ1v) is 9.03. The van der Waals surface area contributed by atoms with E-state index in [1.54, 1.807) is 0 Å². The number of carbonyl (C=O) groups is 1. The van der Waals surface area contributed by atoms with Gasteiger partial charge in [0.1, 0.15) is 16.0 Å². The van der Waals surface area contributed by atoms with Gasteiger partial charge in [-0.3, -0.25) is 10.1 Å². The van der Waals surface area contributed by atoms with Gasteiger partial charge < -0.3 is 4.74 Å². The van der Waals surface area contributed by atoms with Gasteiger partial charge in [0.2, 0.25) is 5.13 Å². The van der Waals surface area contributed by atoms with Crippen molar-refractivity contribution >= 4 is 33.7 Å². The number of hydrogen-bond donors (Lipinski definition) is 1. The van der Waals surface area contributed by atoms with E-state index in [1.807, 2.05) is 6.92 Å². The van der Waals surface area contributed by atoms with Crippen molar-refractivity contribution in [2.75, 3.05) is 11.9 Å². The minimum Gasteiger partial charge on any atom is -0.371 e. The first kappa shape index (κ1) is 15.5. The number of hydrogen-bond acceptors (Lipinski definition) is 7. The van der Waals surface area contributed by atoms with E-state index in [-0.39, 0.29) is 12.0 Å². The molecular formula is C14H18N4O2S2. The Kier molecular flexibility index (Phi) is 4.80. The van der Waals surface area contributed by atoms with Crippen molar-refractivity contribution in [3.8, 4) is 0 Å². The molecule has 8 heteroatoms. The van der Waals surface area contributed by atoms with Crippen LogP contribution in [0.25, 0.3) is 0 Å². The Morgan fingerprint density at radius 3 is 3.00 bits per heavy atom. The predicted molar refractivity (Wildman–Crippen MR) is 86.6 cm³/mol. The molecule has 1 amide bonds. The van der Waals surface area contributed by atoms with Crippen LogP contribution in [0.3, 0.4) is 0 Å². The van der Waals surface area contributed by atoms with Crippen molar-refractivity contribution in [1.29, 1.82) is 0 Å². The molecule has 0 unspecified atom stereocenters. The van der Waals surface area contributed by atoms with Crippen LogP contribution in [-0.2, 0) is 11.2 Å². The normalized spacial score (nSPS) is 17.8. The molecule has 3 rings (SSSR count). The molecule has 0 spiro atoms. The van der Waals surface area contributed by atoms with Crippen molar-refractivity contribution in [2.24, 2.45) is 0 Å². The second kappa shape index (κ2) is 6.80. The zero-order valence-electron chi connectivity index (χ0n) is 12.6. The standard InChI is InChI=1S/C14H18N4O2S2/c1-3-5-9-11(21-8(2)15-9)12(19)16-14-18-17-13(22-14)10-6-4-7-20-10/h10H,3-7H2,1-2H3,(H,16,18,19)/t10-/m1/s1. The van der Waals surface area contributed by atoms with Gasteiger partial charge in [-0.15, -0.1) is 21.5 Å². The van der Waals surface area contributed by atoms with Gasteiger partial charge in [0.25, 0.3) is 5.91 Å². The fourth-order valence-corrected chi connectivity index (χ4v) is 4.08. The van der Waals surface area contributed by atoms with Gasteiger partial charge in [0.15, 0.2) is 0 Å². The molecule has 22 heavy (non-hydrogen) atoms. The van der Waals surface area contributed by atoms with Crippen LogP contribution in [0.15, 0.2) is 0 Å². The lowest BCUT2D eigenvalue weighted by molar-refractivity contribution is 0.102. The molecule has 1 saturated heterocycles. The maximum atomic E-state index is 12.4. The Hall–Kier alpha value is -1.38. The van der Waals surface area contributed by atoms with Gasteiger partial charge >= 0.3 is 0 Å². The summed E-state index contributed by atoms with van der Waals surface area (Å²) >= 11 is 2.81. The highest BCUT2D eigenvalue weighted by molar-refractivity contribution is 7.16. The average Bonchev–Trinajstić information content (AvgIpc) is 3.19. The fourth-order valence-electron chi connectivity index (χ4n) is 2.40. The molecule has 0 bridgehead atoms. The molecule has 1 fully saturated rings. The summed E-state index contributed by atoms with van der Waals surface area (Å²) in [6, 6.07) is 0. The van der Waals surface area contributed by atoms with Crippen molar-refractivity contribution < 1.29 is 9.53 Å². The maximum Gasteiger partial charge on any atom is 0.269 e. The molecule has 3 heterocycles. The Labute approximate surface area is 137 Å². The summed E-state index contributed by atoms with van der Waals surface area (Å²) in [5, 5.41) is 13.3. The van der Waals surface area contributed by atoms with E-state index in [1.165, 1.54) is 22.7 Å². The molecule has 1 N–H and O–H groups in total. The van der Waals surface area contributed by atoms with E-state index in [0.717, 1.165) is 48.0 Å². The van der Waals surface area contributed by atoms with E-state index < -0.39 is 0 Å². The number of nitrogens with one attached hydrogen (secondary N) is 1. The summed E-state index contributed by atoms with van der Waals surface area (Å²) in [6.45, 7) is 4.77. The summed E-state index contributed by atoms with van der Waals surface area (Å²) in [6.07, 6.45) is 3.82. The highest BCUT2D eigenvalue weighted by atomic mass is 32.1. The number of anilines is 1. The summed E-state index contributed by atoms with van der Waals surface area (Å²) in [5.74, 6) is -0.149. The predicted octanol–water partition coefficient (Wildman–Crippen LogP) is 3.36. The Morgan fingerprint density at radius 2 is 2.27 bits per heavy atom. The monoisotopic (exact) mass is 338 g/mol. The molecule has 0 aromatic carbocycles. The van der Waals surface area contributed by atoms with Crippen molar-refractivity contribution in [3.05, 3.63) is 20.6 Å². The maximum absolute atomic E-state index is 12.4. The summed E-state index contributed by atoms with van der Waals surface area (Å²) < 4.78 is 5.58. The number of carbonyl (C=O) groups excluding carboxylic acids is 1. The highest BCUT2D eigenvalue weighted by Crippen LogP contribution is 2.32. The van der Waals surface area contributed by atoms with Crippen LogP contribution in [0.1, 0.15) is 57.7 Å². The van der Waals surface area contributed by atoms with Crippen molar-refractivity contribution in [2.45, 2.75) is 45.6 Å². The molecule has 0 saturated carbocycles. The molecule has 0 radical (unpaired) electrons. The molecule has 1 atom stereocenters.